The highest BCUT2D eigenvalue weighted by Gasteiger charge is 2.26. The maximum atomic E-state index is 12.8. The summed E-state index contributed by atoms with van der Waals surface area (Å²) in [7, 11) is 0. The van der Waals surface area contributed by atoms with Gasteiger partial charge in [-0.2, -0.15) is 5.53 Å². The van der Waals surface area contributed by atoms with Crippen LogP contribution in [-0.2, 0) is 9.78 Å². The number of rotatable bonds is 13. The van der Waals surface area contributed by atoms with Crippen LogP contribution < -0.4 is 16.0 Å². The van der Waals surface area contributed by atoms with Crippen molar-refractivity contribution in [3.63, 3.8) is 0 Å². The smallest absolute Gasteiger partial charge is 0.0975 e. The molecule has 0 aliphatic carbocycles. The molecule has 12 nitrogen and oxygen atoms in total. The van der Waals surface area contributed by atoms with Gasteiger partial charge in [0.1, 0.15) is 0 Å². The van der Waals surface area contributed by atoms with E-state index in [2.05, 4.69) is 15.7 Å². The first kappa shape index (κ1) is 25.5. The number of nitrogens with two attached hydrogens (primary N) is 1. The van der Waals surface area contributed by atoms with Crippen LogP contribution in [0.1, 0.15) is 67.2 Å². The standard InChI is InChI=1S/C18H32N8O4/c1-7-17(5,8-2)24(27)16-12-11-14(13-15(16)19)25(28)30-26(23-22-21-20)29-18(6,9-3)10-4/h11-13,20H,7-10,19H2,1-6H3/q-2/b21-20?,23-22+. The molecule has 0 heterocycles. The van der Waals surface area contributed by atoms with Crippen molar-refractivity contribution in [2.75, 3.05) is 16.0 Å². The van der Waals surface area contributed by atoms with Gasteiger partial charge in [0.25, 0.3) is 0 Å². The van der Waals surface area contributed by atoms with Gasteiger partial charge >= 0.3 is 0 Å². The van der Waals surface area contributed by atoms with Gasteiger partial charge in [-0.25, -0.2) is 4.84 Å². The number of hydrogen-bond donors (Lipinski definition) is 2. The van der Waals surface area contributed by atoms with Crippen molar-refractivity contribution >= 4 is 17.1 Å². The van der Waals surface area contributed by atoms with E-state index in [1.165, 1.54) is 18.2 Å². The Labute approximate surface area is 177 Å². The molecule has 0 aliphatic heterocycles. The molecule has 1 aromatic rings. The molecule has 30 heavy (non-hydrogen) atoms. The molecule has 0 atom stereocenters. The SMILES string of the molecule is CCC(C)(CC)ON(/N=N/N=N)ON([O-])c1ccc(N([O-])C(C)(CC)CC)c(N)c1. The van der Waals surface area contributed by atoms with E-state index < -0.39 is 11.1 Å². The first-order valence-corrected chi connectivity index (χ1v) is 9.88. The number of hydrogen-bond acceptors (Lipinski definition) is 9. The molecule has 0 saturated heterocycles. The van der Waals surface area contributed by atoms with Crippen LogP contribution in [0.2, 0.25) is 0 Å². The van der Waals surface area contributed by atoms with Gasteiger partial charge < -0.3 is 21.2 Å². The van der Waals surface area contributed by atoms with E-state index in [1.807, 2.05) is 34.6 Å². The fourth-order valence-corrected chi connectivity index (χ4v) is 2.45. The summed E-state index contributed by atoms with van der Waals surface area (Å²) in [4.78, 5) is 10.6. The molecular weight excluding hydrogens is 392 g/mol. The van der Waals surface area contributed by atoms with E-state index in [9.17, 15) is 10.4 Å². The van der Waals surface area contributed by atoms with Crippen LogP contribution in [0.25, 0.3) is 0 Å². The van der Waals surface area contributed by atoms with Crippen LogP contribution in [0.3, 0.4) is 0 Å². The Kier molecular flexibility index (Phi) is 9.36. The topological polar surface area (TPSA) is 161 Å². The van der Waals surface area contributed by atoms with Gasteiger partial charge in [-0.1, -0.05) is 27.7 Å². The van der Waals surface area contributed by atoms with Crippen LogP contribution in [0.5, 0.6) is 0 Å². The molecule has 0 fully saturated rings. The van der Waals surface area contributed by atoms with Crippen molar-refractivity contribution in [2.24, 2.45) is 15.7 Å². The zero-order valence-corrected chi connectivity index (χ0v) is 18.5. The summed E-state index contributed by atoms with van der Waals surface area (Å²) < 4.78 is 0. The number of nitrogen functional groups attached to an aromatic ring is 1. The van der Waals surface area contributed by atoms with Gasteiger partial charge in [-0.15, -0.1) is 4.94 Å². The summed E-state index contributed by atoms with van der Waals surface area (Å²) in [5.74, 6) is 0. The number of benzene rings is 1. The molecule has 0 radical (unpaired) electrons. The Balaban J connectivity index is 3.06. The lowest BCUT2D eigenvalue weighted by Gasteiger charge is -2.48. The molecular formula is C18H32N8O4-2. The third kappa shape index (κ3) is 6.23. The molecule has 0 amide bonds. The molecule has 3 N–H and O–H groups in total. The average molecular weight is 425 g/mol. The van der Waals surface area contributed by atoms with Gasteiger partial charge in [0, 0.05) is 21.8 Å². The minimum atomic E-state index is -0.682. The predicted molar refractivity (Wildman–Crippen MR) is 115 cm³/mol. The second-order valence-electron chi connectivity index (χ2n) is 7.35. The van der Waals surface area contributed by atoms with Gasteiger partial charge in [-0.3, -0.25) is 5.23 Å². The Hall–Kier alpha value is -2.54. The van der Waals surface area contributed by atoms with E-state index in [1.54, 1.807) is 6.92 Å². The second-order valence-corrected chi connectivity index (χ2v) is 7.35. The highest BCUT2D eigenvalue weighted by atomic mass is 17.1. The Morgan fingerprint density at radius 3 is 2.13 bits per heavy atom. The molecule has 0 bridgehead atoms. The molecule has 0 aromatic heterocycles. The van der Waals surface area contributed by atoms with Crippen LogP contribution in [-0.4, -0.2) is 16.5 Å². The van der Waals surface area contributed by atoms with Gasteiger partial charge in [0.2, 0.25) is 0 Å². The summed E-state index contributed by atoms with van der Waals surface area (Å²) in [5, 5.41) is 36.0. The lowest BCUT2D eigenvalue weighted by molar-refractivity contribution is -0.414. The monoisotopic (exact) mass is 424 g/mol. The van der Waals surface area contributed by atoms with Gasteiger partial charge in [0.05, 0.1) is 17.0 Å². The zero-order valence-electron chi connectivity index (χ0n) is 18.5. The average Bonchev–Trinajstić information content (AvgIpc) is 2.76. The summed E-state index contributed by atoms with van der Waals surface area (Å²) >= 11 is 0. The Morgan fingerprint density at radius 1 is 1.07 bits per heavy atom. The molecule has 0 unspecified atom stereocenters. The van der Waals surface area contributed by atoms with E-state index in [0.29, 0.717) is 31.0 Å². The van der Waals surface area contributed by atoms with E-state index in [-0.39, 0.29) is 22.3 Å². The third-order valence-corrected chi connectivity index (χ3v) is 5.55. The number of nitrogens with one attached hydrogen (secondary N) is 1. The molecule has 0 saturated carbocycles. The summed E-state index contributed by atoms with van der Waals surface area (Å²) in [6.45, 7) is 11.3. The fourth-order valence-electron chi connectivity index (χ4n) is 2.45. The van der Waals surface area contributed by atoms with Crippen molar-refractivity contribution in [1.82, 2.24) is 5.34 Å². The minimum Gasteiger partial charge on any atom is -0.758 e. The largest absolute Gasteiger partial charge is 0.758 e. The van der Waals surface area contributed by atoms with Crippen molar-refractivity contribution < 1.29 is 9.78 Å². The molecule has 0 spiro atoms. The maximum Gasteiger partial charge on any atom is 0.0975 e. The highest BCUT2D eigenvalue weighted by Crippen LogP contribution is 2.35. The van der Waals surface area contributed by atoms with Crippen molar-refractivity contribution in [3.05, 3.63) is 28.6 Å². The molecule has 12 heteroatoms. The summed E-state index contributed by atoms with van der Waals surface area (Å²) in [6.07, 6.45) is 2.47. The second kappa shape index (κ2) is 11.0. The van der Waals surface area contributed by atoms with Crippen LogP contribution in [0.4, 0.5) is 17.1 Å². The first-order valence-electron chi connectivity index (χ1n) is 9.88. The Bertz CT molecular complexity index is 709. The van der Waals surface area contributed by atoms with Crippen molar-refractivity contribution in [3.8, 4) is 0 Å². The Morgan fingerprint density at radius 2 is 1.67 bits per heavy atom. The zero-order chi connectivity index (χ0) is 22.9. The maximum absolute atomic E-state index is 12.8. The fraction of sp³-hybridized carbons (Fsp3) is 0.667. The van der Waals surface area contributed by atoms with Crippen molar-refractivity contribution in [1.29, 1.82) is 5.53 Å². The first-order chi connectivity index (χ1) is 14.1. The summed E-state index contributed by atoms with van der Waals surface area (Å²) in [5.41, 5.74) is 11.9. The predicted octanol–water partition coefficient (Wildman–Crippen LogP) is 5.43. The lowest BCUT2D eigenvalue weighted by atomic mass is 9.94. The van der Waals surface area contributed by atoms with Crippen molar-refractivity contribution in [2.45, 2.75) is 78.4 Å². The minimum absolute atomic E-state index is 0.0145. The van der Waals surface area contributed by atoms with Crippen LogP contribution in [0, 0.1) is 15.9 Å². The molecule has 1 rings (SSSR count). The van der Waals surface area contributed by atoms with Gasteiger partial charge in [-0.05, 0) is 68.2 Å². The van der Waals surface area contributed by atoms with Gasteiger partial charge in [0.15, 0.2) is 0 Å². The third-order valence-electron chi connectivity index (χ3n) is 5.55. The normalized spacial score (nSPS) is 12.3. The van der Waals surface area contributed by atoms with Crippen LogP contribution in [0.15, 0.2) is 33.9 Å². The number of nitrogens with zero attached hydrogens (tertiary/aromatic N) is 6. The van der Waals surface area contributed by atoms with Crippen LogP contribution >= 0.6 is 0 Å². The number of hydroxylamine groups is 1. The van der Waals surface area contributed by atoms with E-state index in [4.69, 9.17) is 21.0 Å². The molecule has 170 valence electrons. The number of anilines is 3. The van der Waals surface area contributed by atoms with E-state index >= 15 is 0 Å². The highest BCUT2D eigenvalue weighted by molar-refractivity contribution is 5.74. The lowest BCUT2D eigenvalue weighted by Crippen LogP contribution is -2.42. The molecule has 0 aliphatic rings. The quantitative estimate of drug-likeness (QED) is 0.241. The van der Waals surface area contributed by atoms with E-state index in [0.717, 1.165) is 5.06 Å². The summed E-state index contributed by atoms with van der Waals surface area (Å²) in [6, 6.07) is 4.18. The molecule has 1 aromatic carbocycles.